The molecule has 25 heavy (non-hydrogen) atoms. The fourth-order valence-electron chi connectivity index (χ4n) is 3.21. The fourth-order valence-corrected chi connectivity index (χ4v) is 3.21. The van der Waals surface area contributed by atoms with E-state index in [1.165, 1.54) is 0 Å². The predicted molar refractivity (Wildman–Crippen MR) is 96.2 cm³/mol. The molecule has 0 saturated carbocycles. The molecule has 0 unspecified atom stereocenters. The second-order valence-electron chi connectivity index (χ2n) is 6.33. The number of likely N-dealkylation sites (N-methyl/N-ethyl adjacent to an activating group) is 1. The summed E-state index contributed by atoms with van der Waals surface area (Å²) in [5.41, 5.74) is 2.14. The minimum atomic E-state index is -0.654. The van der Waals surface area contributed by atoms with Crippen molar-refractivity contribution >= 4 is 23.3 Å². The van der Waals surface area contributed by atoms with Gasteiger partial charge in [0.05, 0.1) is 0 Å². The number of anilines is 2. The Morgan fingerprint density at radius 3 is 2.68 bits per heavy atom. The van der Waals surface area contributed by atoms with Crippen LogP contribution < -0.4 is 10.2 Å². The minimum absolute atomic E-state index is 0.0283. The van der Waals surface area contributed by atoms with Gasteiger partial charge in [-0.1, -0.05) is 25.1 Å². The number of carbonyl (C=O) groups is 2. The van der Waals surface area contributed by atoms with E-state index in [4.69, 9.17) is 0 Å². The highest BCUT2D eigenvalue weighted by Crippen LogP contribution is 2.27. The highest BCUT2D eigenvalue weighted by atomic mass is 16.2. The van der Waals surface area contributed by atoms with Gasteiger partial charge in [0.25, 0.3) is 0 Å². The molecule has 1 aliphatic rings. The lowest BCUT2D eigenvalue weighted by Gasteiger charge is -2.30. The zero-order valence-corrected chi connectivity index (χ0v) is 14.8. The van der Waals surface area contributed by atoms with Crippen molar-refractivity contribution in [1.29, 1.82) is 0 Å². The van der Waals surface area contributed by atoms with E-state index in [2.05, 4.69) is 15.3 Å². The number of fused-ring (bicyclic) bond motifs is 1. The summed E-state index contributed by atoms with van der Waals surface area (Å²) < 4.78 is 1.58. The third kappa shape index (κ3) is 3.50. The van der Waals surface area contributed by atoms with Crippen molar-refractivity contribution in [3.05, 3.63) is 42.1 Å². The van der Waals surface area contributed by atoms with Crippen molar-refractivity contribution in [3.63, 3.8) is 0 Å². The zero-order chi connectivity index (χ0) is 18.0. The number of aromatic nitrogens is 2. The molecule has 1 atom stereocenters. The van der Waals surface area contributed by atoms with Gasteiger partial charge in [0.1, 0.15) is 0 Å². The summed E-state index contributed by atoms with van der Waals surface area (Å²) in [7, 11) is 3.77. The maximum atomic E-state index is 12.8. The highest BCUT2D eigenvalue weighted by Gasteiger charge is 2.32. The average Bonchev–Trinajstić information content (AvgIpc) is 2.95. The van der Waals surface area contributed by atoms with Crippen molar-refractivity contribution in [3.8, 4) is 0 Å². The van der Waals surface area contributed by atoms with E-state index in [9.17, 15) is 9.59 Å². The van der Waals surface area contributed by atoms with Crippen molar-refractivity contribution in [2.45, 2.75) is 25.9 Å². The van der Waals surface area contributed by atoms with Crippen LogP contribution in [0.4, 0.5) is 11.5 Å². The number of hydrogen-bond acceptors (Lipinski definition) is 4. The molecule has 1 aromatic heterocycles. The number of rotatable bonds is 2. The second-order valence-corrected chi connectivity index (χ2v) is 6.33. The molecule has 0 spiro atoms. The number of aryl methyl sites for hydroxylation is 1. The third-order valence-corrected chi connectivity index (χ3v) is 4.55. The highest BCUT2D eigenvalue weighted by molar-refractivity contribution is 6.39. The first-order valence-electron chi connectivity index (χ1n) is 8.40. The van der Waals surface area contributed by atoms with Crippen molar-refractivity contribution in [2.75, 3.05) is 23.8 Å². The lowest BCUT2D eigenvalue weighted by atomic mass is 10.1. The molecule has 1 aromatic carbocycles. The number of benzene rings is 1. The van der Waals surface area contributed by atoms with Crippen LogP contribution in [0.3, 0.4) is 0 Å². The molecule has 0 aliphatic carbocycles. The number of carbonyl (C=O) groups excluding carboxylic acids is 2. The molecule has 0 saturated heterocycles. The number of amides is 2. The summed E-state index contributed by atoms with van der Waals surface area (Å²) >= 11 is 0. The average molecular weight is 341 g/mol. The fraction of sp³-hybridized carbons (Fsp3) is 0.389. The SMILES string of the molecule is CC[C@H]1CN(C)c2ccccc2CN1C(=O)C(=O)Nc1ccn(C)n1. The van der Waals surface area contributed by atoms with E-state index in [0.717, 1.165) is 17.7 Å². The monoisotopic (exact) mass is 341 g/mol. The van der Waals surface area contributed by atoms with Crippen molar-refractivity contribution < 1.29 is 9.59 Å². The Kier molecular flexibility index (Phi) is 4.74. The van der Waals surface area contributed by atoms with Gasteiger partial charge in [-0.3, -0.25) is 14.3 Å². The minimum Gasteiger partial charge on any atom is -0.372 e. The zero-order valence-electron chi connectivity index (χ0n) is 14.8. The maximum absolute atomic E-state index is 12.8. The molecule has 2 amide bonds. The van der Waals surface area contributed by atoms with Crippen LogP contribution in [0.25, 0.3) is 0 Å². The van der Waals surface area contributed by atoms with Gasteiger partial charge >= 0.3 is 11.8 Å². The molecule has 7 nitrogen and oxygen atoms in total. The molecule has 2 heterocycles. The summed E-state index contributed by atoms with van der Waals surface area (Å²) in [5, 5.41) is 6.67. The Morgan fingerprint density at radius 1 is 1.24 bits per heavy atom. The van der Waals surface area contributed by atoms with Crippen LogP contribution in [-0.2, 0) is 23.2 Å². The number of nitrogens with one attached hydrogen (secondary N) is 1. The van der Waals surface area contributed by atoms with E-state index >= 15 is 0 Å². The lowest BCUT2D eigenvalue weighted by Crippen LogP contribution is -2.47. The van der Waals surface area contributed by atoms with Gasteiger partial charge in [-0.15, -0.1) is 0 Å². The topological polar surface area (TPSA) is 70.5 Å². The van der Waals surface area contributed by atoms with Gasteiger partial charge < -0.3 is 15.1 Å². The summed E-state index contributed by atoms with van der Waals surface area (Å²) in [4.78, 5) is 29.0. The molecule has 3 rings (SSSR count). The van der Waals surface area contributed by atoms with E-state index in [1.54, 1.807) is 28.9 Å². The summed E-state index contributed by atoms with van der Waals surface area (Å²) in [6.07, 6.45) is 2.49. The van der Waals surface area contributed by atoms with Crippen LogP contribution >= 0.6 is 0 Å². The van der Waals surface area contributed by atoms with Gasteiger partial charge in [0.15, 0.2) is 5.82 Å². The molecule has 0 radical (unpaired) electrons. The number of para-hydroxylation sites is 1. The van der Waals surface area contributed by atoms with Crippen LogP contribution in [0, 0.1) is 0 Å². The second kappa shape index (κ2) is 6.96. The third-order valence-electron chi connectivity index (χ3n) is 4.55. The maximum Gasteiger partial charge on any atom is 0.315 e. The van der Waals surface area contributed by atoms with Crippen LogP contribution in [0.1, 0.15) is 18.9 Å². The molecular formula is C18H23N5O2. The first-order valence-corrected chi connectivity index (χ1v) is 8.40. The Hall–Kier alpha value is -2.83. The molecule has 0 bridgehead atoms. The number of nitrogens with zero attached hydrogens (tertiary/aromatic N) is 4. The van der Waals surface area contributed by atoms with Gasteiger partial charge in [-0.05, 0) is 18.1 Å². The van der Waals surface area contributed by atoms with Gasteiger partial charge in [0, 0.05) is 51.2 Å². The van der Waals surface area contributed by atoms with Crippen molar-refractivity contribution in [1.82, 2.24) is 14.7 Å². The van der Waals surface area contributed by atoms with Gasteiger partial charge in [-0.25, -0.2) is 0 Å². The Morgan fingerprint density at radius 2 is 2.00 bits per heavy atom. The van der Waals surface area contributed by atoms with E-state index in [-0.39, 0.29) is 6.04 Å². The molecule has 1 N–H and O–H groups in total. The Balaban J connectivity index is 1.83. The Labute approximate surface area is 147 Å². The summed E-state index contributed by atoms with van der Waals surface area (Å²) in [6.45, 7) is 3.15. The summed E-state index contributed by atoms with van der Waals surface area (Å²) in [5.74, 6) is -0.803. The lowest BCUT2D eigenvalue weighted by molar-refractivity contribution is -0.145. The van der Waals surface area contributed by atoms with E-state index in [0.29, 0.717) is 18.9 Å². The van der Waals surface area contributed by atoms with Gasteiger partial charge in [-0.2, -0.15) is 5.10 Å². The molecule has 0 fully saturated rings. The first-order chi connectivity index (χ1) is 12.0. The smallest absolute Gasteiger partial charge is 0.315 e. The first kappa shape index (κ1) is 17.0. The van der Waals surface area contributed by atoms with E-state index < -0.39 is 11.8 Å². The molecule has 7 heteroatoms. The van der Waals surface area contributed by atoms with E-state index in [1.807, 2.05) is 38.2 Å². The van der Waals surface area contributed by atoms with Gasteiger partial charge in [0.2, 0.25) is 0 Å². The predicted octanol–water partition coefficient (Wildman–Crippen LogP) is 1.62. The quantitative estimate of drug-likeness (QED) is 0.843. The Bertz CT molecular complexity index is 785. The molecular weight excluding hydrogens is 318 g/mol. The molecule has 2 aromatic rings. The van der Waals surface area contributed by atoms with Crippen LogP contribution in [-0.4, -0.2) is 46.1 Å². The number of hydrogen-bond donors (Lipinski definition) is 1. The standard InChI is InChI=1S/C18H23N5O2/c1-4-14-12-21(2)15-8-6-5-7-13(15)11-23(14)18(25)17(24)19-16-9-10-22(3)20-16/h5-10,14H,4,11-12H2,1-3H3,(H,19,20,24)/t14-/m0/s1. The molecule has 132 valence electrons. The van der Waals surface area contributed by atoms with Crippen LogP contribution in [0.2, 0.25) is 0 Å². The van der Waals surface area contributed by atoms with Crippen LogP contribution in [0.5, 0.6) is 0 Å². The van der Waals surface area contributed by atoms with Crippen LogP contribution in [0.15, 0.2) is 36.5 Å². The normalized spacial score (nSPS) is 17.0. The summed E-state index contributed by atoms with van der Waals surface area (Å²) in [6, 6.07) is 9.62. The largest absolute Gasteiger partial charge is 0.372 e. The van der Waals surface area contributed by atoms with Crippen molar-refractivity contribution in [2.24, 2.45) is 7.05 Å². The molecule has 1 aliphatic heterocycles.